The number of hydrogen-bond donors (Lipinski definition) is 0. The molecule has 0 amide bonds. The van der Waals surface area contributed by atoms with Crippen LogP contribution in [0, 0.1) is 18.7 Å². The van der Waals surface area contributed by atoms with E-state index < -0.39 is 10.0 Å². The predicted molar refractivity (Wildman–Crippen MR) is 138 cm³/mol. The second kappa shape index (κ2) is 7.73. The first-order chi connectivity index (χ1) is 17.4. The van der Waals surface area contributed by atoms with E-state index in [1.54, 1.807) is 16.4 Å². The molecule has 1 aliphatic heterocycles. The summed E-state index contributed by atoms with van der Waals surface area (Å²) < 4.78 is 43.8. The van der Waals surface area contributed by atoms with E-state index in [1.807, 2.05) is 16.9 Å². The first-order valence-corrected chi connectivity index (χ1v) is 14.2. The van der Waals surface area contributed by atoms with Crippen molar-refractivity contribution in [2.75, 3.05) is 13.1 Å². The largest absolute Gasteiger partial charge is 0.233 e. The van der Waals surface area contributed by atoms with Gasteiger partial charge in [0, 0.05) is 29.8 Å². The highest BCUT2D eigenvalue weighted by molar-refractivity contribution is 7.89. The molecule has 2 saturated carbocycles. The molecule has 3 aliphatic rings. The summed E-state index contributed by atoms with van der Waals surface area (Å²) in [6.45, 7) is 3.24. The highest BCUT2D eigenvalue weighted by atomic mass is 32.2. The summed E-state index contributed by atoms with van der Waals surface area (Å²) in [5, 5.41) is 5.40. The van der Waals surface area contributed by atoms with Crippen molar-refractivity contribution in [3.63, 3.8) is 0 Å². The molecule has 184 valence electrons. The van der Waals surface area contributed by atoms with Gasteiger partial charge in [0.05, 0.1) is 22.7 Å². The fourth-order valence-corrected chi connectivity index (χ4v) is 8.87. The van der Waals surface area contributed by atoms with Gasteiger partial charge >= 0.3 is 0 Å². The topological polar surface area (TPSA) is 55.2 Å². The molecule has 1 aromatic heterocycles. The Bertz CT molecular complexity index is 1580. The molecular formula is C29H28FN3O2S. The van der Waals surface area contributed by atoms with E-state index in [1.165, 1.54) is 23.3 Å². The Hall–Kier alpha value is -3.03. The maximum atomic E-state index is 13.5. The Balaban J connectivity index is 1.32. The van der Waals surface area contributed by atoms with Crippen LogP contribution in [0.15, 0.2) is 72.9 Å². The smallest absolute Gasteiger partial charge is 0.217 e. The summed E-state index contributed by atoms with van der Waals surface area (Å²) in [5.41, 5.74) is 5.18. The van der Waals surface area contributed by atoms with Gasteiger partial charge in [-0.05, 0) is 78.8 Å². The van der Waals surface area contributed by atoms with E-state index in [9.17, 15) is 12.8 Å². The Labute approximate surface area is 210 Å². The minimum atomic E-state index is -3.26. The minimum Gasteiger partial charge on any atom is -0.233 e. The van der Waals surface area contributed by atoms with Crippen molar-refractivity contribution >= 4 is 20.9 Å². The molecule has 0 radical (unpaired) electrons. The molecule has 3 unspecified atom stereocenters. The lowest BCUT2D eigenvalue weighted by molar-refractivity contribution is 0.387. The summed E-state index contributed by atoms with van der Waals surface area (Å²) in [6.07, 6.45) is 4.43. The number of nitrogens with zero attached hydrogens (tertiary/aromatic N) is 3. The van der Waals surface area contributed by atoms with Gasteiger partial charge in [0.1, 0.15) is 5.82 Å². The van der Waals surface area contributed by atoms with Crippen LogP contribution < -0.4 is 0 Å². The van der Waals surface area contributed by atoms with Gasteiger partial charge in [-0.2, -0.15) is 5.10 Å². The van der Waals surface area contributed by atoms with Gasteiger partial charge in [0.25, 0.3) is 0 Å². The fourth-order valence-electron chi connectivity index (χ4n) is 6.76. The Morgan fingerprint density at radius 3 is 2.47 bits per heavy atom. The minimum absolute atomic E-state index is 0.209. The van der Waals surface area contributed by atoms with Crippen molar-refractivity contribution in [3.8, 4) is 5.69 Å². The number of sulfonamides is 1. The van der Waals surface area contributed by atoms with Crippen molar-refractivity contribution in [2.24, 2.45) is 5.92 Å². The summed E-state index contributed by atoms with van der Waals surface area (Å²) in [5.74, 6) is 0.287. The second-order valence-corrected chi connectivity index (χ2v) is 12.9. The molecule has 0 spiro atoms. The first-order valence-electron chi connectivity index (χ1n) is 12.7. The quantitative estimate of drug-likeness (QED) is 0.372. The number of rotatable bonds is 5. The van der Waals surface area contributed by atoms with E-state index in [0.29, 0.717) is 19.0 Å². The molecular weight excluding hydrogens is 473 g/mol. The molecule has 4 aromatic rings. The molecule has 5 nitrogen and oxygen atoms in total. The van der Waals surface area contributed by atoms with E-state index >= 15 is 0 Å². The Morgan fingerprint density at radius 2 is 1.78 bits per heavy atom. The third kappa shape index (κ3) is 3.08. The number of piperidine rings is 1. The van der Waals surface area contributed by atoms with Gasteiger partial charge in [-0.1, -0.05) is 36.8 Å². The van der Waals surface area contributed by atoms with Gasteiger partial charge < -0.3 is 0 Å². The third-order valence-corrected chi connectivity index (χ3v) is 11.1. The van der Waals surface area contributed by atoms with E-state index in [0.717, 1.165) is 41.4 Å². The molecule has 0 bridgehead atoms. The highest BCUT2D eigenvalue weighted by Crippen LogP contribution is 2.70. The molecule has 3 atom stereocenters. The van der Waals surface area contributed by atoms with Crippen LogP contribution in [0.4, 0.5) is 4.39 Å². The van der Waals surface area contributed by atoms with Gasteiger partial charge in [-0.15, -0.1) is 0 Å². The number of aryl methyl sites for hydroxylation is 1. The maximum Gasteiger partial charge on any atom is 0.217 e. The maximum absolute atomic E-state index is 13.5. The summed E-state index contributed by atoms with van der Waals surface area (Å²) in [6, 6.07) is 21.2. The molecule has 7 heteroatoms. The van der Waals surface area contributed by atoms with Crippen LogP contribution in [0.2, 0.25) is 0 Å². The van der Waals surface area contributed by atoms with E-state index in [-0.39, 0.29) is 22.4 Å². The first kappa shape index (κ1) is 22.2. The van der Waals surface area contributed by atoms with E-state index in [2.05, 4.69) is 48.4 Å². The zero-order chi connectivity index (χ0) is 24.7. The number of fused-ring (bicyclic) bond motifs is 2. The Morgan fingerprint density at radius 1 is 1.03 bits per heavy atom. The molecule has 2 aliphatic carbocycles. The van der Waals surface area contributed by atoms with Crippen LogP contribution in [-0.2, 0) is 15.4 Å². The van der Waals surface area contributed by atoms with E-state index in [4.69, 9.17) is 0 Å². The van der Waals surface area contributed by atoms with Gasteiger partial charge in [0.15, 0.2) is 0 Å². The molecule has 2 heterocycles. The van der Waals surface area contributed by atoms with Gasteiger partial charge in [-0.3, -0.25) is 0 Å². The lowest BCUT2D eigenvalue weighted by atomic mass is 9.87. The standard InChI is InChI=1S/C29H28FN3O2S/c1-19-14-27-21(16-31-33(27)23-12-10-22(30)11-13-23)15-25(19)29-18-32(36(34,35)24-8-5-9-24)17-26(29)28(29)20-6-3-2-4-7-20/h2-4,6-7,10-16,24,26,28H,5,8-9,17-18H2,1H3. The monoisotopic (exact) mass is 501 g/mol. The highest BCUT2D eigenvalue weighted by Gasteiger charge is 2.71. The number of aromatic nitrogens is 2. The third-order valence-electron chi connectivity index (χ3n) is 8.83. The average Bonchev–Trinajstić information content (AvgIpc) is 3.10. The molecule has 0 N–H and O–H groups in total. The number of halogens is 1. The van der Waals surface area contributed by atoms with Crippen molar-refractivity contribution in [3.05, 3.63) is 95.4 Å². The second-order valence-electron chi connectivity index (χ2n) is 10.7. The lowest BCUT2D eigenvalue weighted by Crippen LogP contribution is -2.43. The molecule has 36 heavy (non-hydrogen) atoms. The zero-order valence-electron chi connectivity index (χ0n) is 20.1. The lowest BCUT2D eigenvalue weighted by Gasteiger charge is -2.32. The molecule has 1 saturated heterocycles. The van der Waals surface area contributed by atoms with Crippen molar-refractivity contribution in [2.45, 2.75) is 42.8 Å². The van der Waals surface area contributed by atoms with Crippen LogP contribution >= 0.6 is 0 Å². The summed E-state index contributed by atoms with van der Waals surface area (Å²) in [7, 11) is -3.26. The van der Waals surface area contributed by atoms with Crippen molar-refractivity contribution in [1.82, 2.24) is 14.1 Å². The van der Waals surface area contributed by atoms with Crippen LogP contribution in [0.3, 0.4) is 0 Å². The summed E-state index contributed by atoms with van der Waals surface area (Å²) >= 11 is 0. The van der Waals surface area contributed by atoms with Gasteiger partial charge in [0.2, 0.25) is 10.0 Å². The summed E-state index contributed by atoms with van der Waals surface area (Å²) in [4.78, 5) is 0. The normalized spacial score (nSPS) is 26.2. The van der Waals surface area contributed by atoms with Gasteiger partial charge in [-0.25, -0.2) is 21.8 Å². The molecule has 3 fully saturated rings. The molecule has 3 aromatic carbocycles. The SMILES string of the molecule is Cc1cc2c(cnn2-c2ccc(F)cc2)cc1C12CN(S(=O)(=O)C3CCC3)CC1C2c1ccccc1. The predicted octanol–water partition coefficient (Wildman–Crippen LogP) is 5.32. The van der Waals surface area contributed by atoms with Crippen molar-refractivity contribution < 1.29 is 12.8 Å². The number of benzene rings is 3. The molecule has 7 rings (SSSR count). The van der Waals surface area contributed by atoms with Crippen molar-refractivity contribution in [1.29, 1.82) is 0 Å². The average molecular weight is 502 g/mol. The van der Waals surface area contributed by atoms with Crippen LogP contribution in [-0.4, -0.2) is 40.8 Å². The van der Waals surface area contributed by atoms with Crippen LogP contribution in [0.5, 0.6) is 0 Å². The van der Waals surface area contributed by atoms with Crippen LogP contribution in [0.1, 0.15) is 41.9 Å². The number of hydrogen-bond acceptors (Lipinski definition) is 3. The fraction of sp³-hybridized carbons (Fsp3) is 0.345. The Kier molecular flexibility index (Phi) is 4.77. The van der Waals surface area contributed by atoms with Crippen LogP contribution in [0.25, 0.3) is 16.6 Å². The zero-order valence-corrected chi connectivity index (χ0v) is 21.0.